The molecule has 0 aliphatic rings. The molecule has 6 heteroatoms. The lowest BCUT2D eigenvalue weighted by atomic mass is 10.0. The van der Waals surface area contributed by atoms with Gasteiger partial charge in [0.15, 0.2) is 0 Å². The van der Waals surface area contributed by atoms with Gasteiger partial charge < -0.3 is 14.2 Å². The predicted octanol–water partition coefficient (Wildman–Crippen LogP) is 9.65. The zero-order valence-corrected chi connectivity index (χ0v) is 25.3. The van der Waals surface area contributed by atoms with Crippen LogP contribution in [0.15, 0.2) is 72.8 Å². The van der Waals surface area contributed by atoms with Gasteiger partial charge in [0, 0.05) is 0 Å². The van der Waals surface area contributed by atoms with Gasteiger partial charge >= 0.3 is 11.9 Å². The summed E-state index contributed by atoms with van der Waals surface area (Å²) in [5.74, 6) is 0.834. The smallest absolute Gasteiger partial charge is 0.343 e. The van der Waals surface area contributed by atoms with Crippen molar-refractivity contribution in [2.75, 3.05) is 6.61 Å². The average molecular weight is 579 g/mol. The molecule has 220 valence electrons. The first-order valence-corrected chi connectivity index (χ1v) is 15.4. The topological polar surface area (TPSA) is 61.8 Å². The number of hydrogen-bond acceptors (Lipinski definition) is 5. The van der Waals surface area contributed by atoms with Crippen LogP contribution in [0.1, 0.15) is 88.9 Å². The van der Waals surface area contributed by atoms with Gasteiger partial charge in [-0.3, -0.25) is 4.79 Å². The number of carbonyl (C=O) groups excluding carboxylic acids is 2. The van der Waals surface area contributed by atoms with Crippen molar-refractivity contribution < 1.29 is 23.8 Å². The molecule has 0 aliphatic heterocycles. The third kappa shape index (κ3) is 10.9. The molecule has 3 aromatic carbocycles. The van der Waals surface area contributed by atoms with E-state index in [2.05, 4.69) is 6.92 Å². The summed E-state index contributed by atoms with van der Waals surface area (Å²) in [6.07, 6.45) is 10.9. The fourth-order valence-corrected chi connectivity index (χ4v) is 4.54. The highest BCUT2D eigenvalue weighted by atomic mass is 35.5. The van der Waals surface area contributed by atoms with Gasteiger partial charge in [-0.25, -0.2) is 4.79 Å². The molecule has 0 radical (unpaired) electrons. The van der Waals surface area contributed by atoms with Crippen LogP contribution in [-0.4, -0.2) is 23.9 Å². The van der Waals surface area contributed by atoms with E-state index in [1.54, 1.807) is 36.4 Å². The normalized spacial score (nSPS) is 12.4. The highest BCUT2D eigenvalue weighted by molar-refractivity contribution is 6.30. The Morgan fingerprint density at radius 2 is 1.15 bits per heavy atom. The number of esters is 2. The fraction of sp³-hybridized carbons (Fsp3) is 0.429. The summed E-state index contributed by atoms with van der Waals surface area (Å²) in [5.41, 5.74) is 2.34. The average Bonchev–Trinajstić information content (AvgIpc) is 3.00. The molecule has 0 amide bonds. The molecule has 0 heterocycles. The van der Waals surface area contributed by atoms with E-state index < -0.39 is 17.3 Å². The van der Waals surface area contributed by atoms with Gasteiger partial charge in [0.1, 0.15) is 22.6 Å². The molecule has 0 saturated heterocycles. The molecule has 0 fully saturated rings. The Hall–Kier alpha value is -3.31. The Bertz CT molecular complexity index is 1190. The molecule has 0 bridgehead atoms. The second-order valence-electron chi connectivity index (χ2n) is 10.5. The van der Waals surface area contributed by atoms with Crippen LogP contribution in [0, 0.1) is 5.92 Å². The van der Waals surface area contributed by atoms with Crippen molar-refractivity contribution in [1.29, 1.82) is 0 Å². The minimum Gasteiger partial charge on any atom is -0.494 e. The Balaban J connectivity index is 1.42. The second-order valence-corrected chi connectivity index (χ2v) is 11.0. The highest BCUT2D eigenvalue weighted by Crippen LogP contribution is 2.26. The maximum absolute atomic E-state index is 12.6. The zero-order valence-electron chi connectivity index (χ0n) is 24.6. The molecule has 3 aromatic rings. The van der Waals surface area contributed by atoms with E-state index in [4.69, 9.17) is 25.8 Å². The summed E-state index contributed by atoms with van der Waals surface area (Å²) in [6.45, 7) is 6.84. The van der Waals surface area contributed by atoms with Gasteiger partial charge in [-0.1, -0.05) is 96.4 Å². The molecule has 0 N–H and O–H groups in total. The molecule has 2 atom stereocenters. The van der Waals surface area contributed by atoms with Crippen molar-refractivity contribution in [3.05, 3.63) is 78.4 Å². The van der Waals surface area contributed by atoms with Crippen molar-refractivity contribution in [1.82, 2.24) is 0 Å². The Morgan fingerprint density at radius 1 is 0.659 bits per heavy atom. The number of benzene rings is 3. The third-order valence-electron chi connectivity index (χ3n) is 7.20. The van der Waals surface area contributed by atoms with E-state index in [9.17, 15) is 9.59 Å². The Labute approximate surface area is 250 Å². The first-order valence-electron chi connectivity index (χ1n) is 14.9. The van der Waals surface area contributed by atoms with Crippen LogP contribution in [-0.2, 0) is 4.79 Å². The minimum absolute atomic E-state index is 0.0406. The van der Waals surface area contributed by atoms with Crippen molar-refractivity contribution in [3.8, 4) is 28.4 Å². The molecule has 3 rings (SSSR count). The number of ether oxygens (including phenoxy) is 3. The zero-order chi connectivity index (χ0) is 29.5. The van der Waals surface area contributed by atoms with Crippen LogP contribution in [0.25, 0.3) is 11.1 Å². The lowest BCUT2D eigenvalue weighted by Crippen LogP contribution is -2.26. The van der Waals surface area contributed by atoms with E-state index >= 15 is 0 Å². The Morgan fingerprint density at radius 3 is 1.68 bits per heavy atom. The molecule has 0 spiro atoms. The summed E-state index contributed by atoms with van der Waals surface area (Å²) in [5, 5.41) is -0.675. The summed E-state index contributed by atoms with van der Waals surface area (Å²) in [6, 6.07) is 21.6. The van der Waals surface area contributed by atoms with E-state index in [1.807, 2.05) is 50.2 Å². The van der Waals surface area contributed by atoms with Crippen molar-refractivity contribution in [2.45, 2.75) is 83.9 Å². The van der Waals surface area contributed by atoms with Gasteiger partial charge in [0.2, 0.25) is 0 Å². The van der Waals surface area contributed by atoms with Crippen LogP contribution in [0.2, 0.25) is 0 Å². The summed E-state index contributed by atoms with van der Waals surface area (Å²) < 4.78 is 16.8. The largest absolute Gasteiger partial charge is 0.494 e. The molecule has 2 unspecified atom stereocenters. The highest BCUT2D eigenvalue weighted by Gasteiger charge is 2.23. The van der Waals surface area contributed by atoms with Gasteiger partial charge in [-0.15, -0.1) is 11.6 Å². The molecule has 41 heavy (non-hydrogen) atoms. The molecule has 0 aliphatic carbocycles. The summed E-state index contributed by atoms with van der Waals surface area (Å²) in [7, 11) is 0. The van der Waals surface area contributed by atoms with Gasteiger partial charge in [0.05, 0.1) is 12.2 Å². The number of rotatable bonds is 17. The van der Waals surface area contributed by atoms with Crippen LogP contribution < -0.4 is 14.2 Å². The van der Waals surface area contributed by atoms with E-state index in [-0.39, 0.29) is 5.92 Å². The molecule has 0 saturated carbocycles. The van der Waals surface area contributed by atoms with Gasteiger partial charge in [-0.05, 0) is 72.0 Å². The number of carbonyl (C=O) groups is 2. The maximum Gasteiger partial charge on any atom is 0.343 e. The quantitative estimate of drug-likeness (QED) is 0.0690. The van der Waals surface area contributed by atoms with Gasteiger partial charge in [0.25, 0.3) is 0 Å². The number of alkyl halides is 1. The van der Waals surface area contributed by atoms with E-state index in [0.29, 0.717) is 23.7 Å². The fourth-order valence-electron chi connectivity index (χ4n) is 4.32. The summed E-state index contributed by atoms with van der Waals surface area (Å²) >= 11 is 6.19. The lowest BCUT2D eigenvalue weighted by Gasteiger charge is -2.15. The van der Waals surface area contributed by atoms with Gasteiger partial charge in [-0.2, -0.15) is 0 Å². The van der Waals surface area contributed by atoms with E-state index in [0.717, 1.165) is 29.7 Å². The molecular formula is C35H43ClO5. The number of halogens is 1. The first kappa shape index (κ1) is 32.2. The van der Waals surface area contributed by atoms with Crippen LogP contribution in [0.4, 0.5) is 0 Å². The second kappa shape index (κ2) is 17.5. The van der Waals surface area contributed by atoms with Crippen LogP contribution >= 0.6 is 11.6 Å². The maximum atomic E-state index is 12.6. The monoisotopic (exact) mass is 578 g/mol. The SMILES string of the molecule is CCCCCCCCCCOc1ccc(C(=O)Oc2ccc(-c3ccc(OC(=O)C(Cl)C(C)CC)cc3)cc2)cc1. The molecular weight excluding hydrogens is 536 g/mol. The standard InChI is InChI=1S/C35H43ClO5/c1-4-6-7-8-9-10-11-12-25-39-30-19-17-29(18-20-30)34(37)40-31-21-13-27(14-22-31)28-15-23-32(24-16-28)41-35(38)33(36)26(3)5-2/h13-24,26,33H,4-12,25H2,1-3H3. The van der Waals surface area contributed by atoms with Crippen molar-refractivity contribution in [2.24, 2.45) is 5.92 Å². The van der Waals surface area contributed by atoms with Crippen LogP contribution in [0.5, 0.6) is 17.2 Å². The van der Waals surface area contributed by atoms with Crippen molar-refractivity contribution in [3.63, 3.8) is 0 Å². The molecule has 5 nitrogen and oxygen atoms in total. The minimum atomic E-state index is -0.675. The number of hydrogen-bond donors (Lipinski definition) is 0. The van der Waals surface area contributed by atoms with Crippen LogP contribution in [0.3, 0.4) is 0 Å². The Kier molecular flexibility index (Phi) is 13.7. The molecule has 0 aromatic heterocycles. The summed E-state index contributed by atoms with van der Waals surface area (Å²) in [4.78, 5) is 24.8. The first-order chi connectivity index (χ1) is 19.9. The van der Waals surface area contributed by atoms with E-state index in [1.165, 1.54) is 44.9 Å². The third-order valence-corrected chi connectivity index (χ3v) is 7.80. The lowest BCUT2D eigenvalue weighted by molar-refractivity contribution is -0.134. The van der Waals surface area contributed by atoms with Crippen molar-refractivity contribution >= 4 is 23.5 Å². The number of unbranched alkanes of at least 4 members (excludes halogenated alkanes) is 7. The predicted molar refractivity (Wildman–Crippen MR) is 166 cm³/mol.